The molecule has 8 nitrogen and oxygen atoms in total. The van der Waals surface area contributed by atoms with Crippen LogP contribution in [-0.4, -0.2) is 23.5 Å². The maximum absolute atomic E-state index is 13.5. The number of nitro groups is 1. The number of rotatable bonds is 7. The zero-order valence-corrected chi connectivity index (χ0v) is 18.4. The second-order valence-corrected chi connectivity index (χ2v) is 8.42. The Morgan fingerprint density at radius 3 is 2.32 bits per heavy atom. The van der Waals surface area contributed by atoms with Crippen LogP contribution in [0.1, 0.15) is 11.1 Å². The fourth-order valence-corrected chi connectivity index (χ4v) is 4.06. The van der Waals surface area contributed by atoms with Crippen molar-refractivity contribution in [3.8, 4) is 22.3 Å². The van der Waals surface area contributed by atoms with Gasteiger partial charge in [-0.1, -0.05) is 48.5 Å². The highest BCUT2D eigenvalue weighted by atomic mass is 32.2. The second-order valence-electron chi connectivity index (χ2n) is 7.49. The van der Waals surface area contributed by atoms with Crippen LogP contribution in [0.25, 0.3) is 22.3 Å². The molecule has 1 aromatic heterocycles. The molecule has 0 saturated carbocycles. The molecule has 0 aliphatic heterocycles. The normalized spacial score (nSPS) is 11.8. The zero-order chi connectivity index (χ0) is 24.2. The molecule has 34 heavy (non-hydrogen) atoms. The Kier molecular flexibility index (Phi) is 6.71. The van der Waals surface area contributed by atoms with Gasteiger partial charge in [-0.05, 0) is 34.4 Å². The van der Waals surface area contributed by atoms with Crippen LogP contribution in [0, 0.1) is 15.9 Å². The number of benzene rings is 3. The van der Waals surface area contributed by atoms with Gasteiger partial charge in [-0.15, -0.1) is 0 Å². The Balaban J connectivity index is 1.81. The molecule has 0 aliphatic rings. The number of aromatic nitrogens is 2. The summed E-state index contributed by atoms with van der Waals surface area (Å²) in [5, 5.41) is 15.4. The summed E-state index contributed by atoms with van der Waals surface area (Å²) < 4.78 is 34.9. The first-order valence-electron chi connectivity index (χ1n) is 10.1. The molecule has 0 bridgehead atoms. The molecular formula is C24H18FN3O5S. The molecule has 0 radical (unpaired) electrons. The Bertz CT molecular complexity index is 1440. The van der Waals surface area contributed by atoms with Gasteiger partial charge in [-0.3, -0.25) is 14.9 Å². The number of nitrogens with zero attached hydrogens (tertiary/aromatic N) is 3. The van der Waals surface area contributed by atoms with E-state index in [9.17, 15) is 23.5 Å². The maximum atomic E-state index is 13.5. The second kappa shape index (κ2) is 9.86. The third-order valence-electron chi connectivity index (χ3n) is 5.19. The number of nitro benzene ring substituents is 1. The van der Waals surface area contributed by atoms with Crippen LogP contribution in [0.15, 0.2) is 83.8 Å². The Hall–Kier alpha value is -4.02. The predicted molar refractivity (Wildman–Crippen MR) is 126 cm³/mol. The first-order chi connectivity index (χ1) is 16.3. The average molecular weight is 479 g/mol. The minimum absolute atomic E-state index is 0.0102. The quantitative estimate of drug-likeness (QED) is 0.239. The minimum Gasteiger partial charge on any atom is -0.306 e. The number of hydrogen-bond acceptors (Lipinski definition) is 5. The molecule has 0 aliphatic carbocycles. The fourth-order valence-electron chi connectivity index (χ4n) is 3.58. The Morgan fingerprint density at radius 2 is 1.68 bits per heavy atom. The van der Waals surface area contributed by atoms with Gasteiger partial charge in [0.1, 0.15) is 5.82 Å². The third-order valence-corrected chi connectivity index (χ3v) is 5.77. The minimum atomic E-state index is -1.98. The number of hydrogen-bond donors (Lipinski definition) is 1. The summed E-state index contributed by atoms with van der Waals surface area (Å²) >= 11 is -1.98. The molecule has 0 spiro atoms. The molecule has 4 aromatic rings. The average Bonchev–Trinajstić information content (AvgIpc) is 2.81. The third kappa shape index (κ3) is 5.13. The lowest BCUT2D eigenvalue weighted by atomic mass is 9.96. The summed E-state index contributed by atoms with van der Waals surface area (Å²) in [7, 11) is 0. The van der Waals surface area contributed by atoms with E-state index < -0.39 is 27.4 Å². The van der Waals surface area contributed by atoms with Gasteiger partial charge in [-0.25, -0.2) is 13.3 Å². The molecule has 0 saturated heterocycles. The fraction of sp³-hybridized carbons (Fsp3) is 0.0833. The molecular weight excluding hydrogens is 461 g/mol. The summed E-state index contributed by atoms with van der Waals surface area (Å²) in [5.74, 6) is -0.466. The van der Waals surface area contributed by atoms with Crippen LogP contribution in [0.2, 0.25) is 0 Å². The smallest absolute Gasteiger partial charge is 0.275 e. The van der Waals surface area contributed by atoms with Crippen molar-refractivity contribution < 1.29 is 18.1 Å². The highest BCUT2D eigenvalue weighted by Gasteiger charge is 2.16. The van der Waals surface area contributed by atoms with E-state index in [0.717, 1.165) is 0 Å². The summed E-state index contributed by atoms with van der Waals surface area (Å²) in [4.78, 5) is 24.1. The Labute approximate surface area is 195 Å². The zero-order valence-electron chi connectivity index (χ0n) is 17.6. The molecule has 4 rings (SSSR count). The van der Waals surface area contributed by atoms with Crippen molar-refractivity contribution in [2.45, 2.75) is 12.3 Å². The lowest BCUT2D eigenvalue weighted by molar-refractivity contribution is -0.384. The standard InChI is InChI=1S/C24H18FN3O5S/c25-20-10-8-19(9-11-20)23-22(18-6-4-16(5-7-18)15-34(32)33)13-26-27(24(23)29)14-17-2-1-3-21(12-17)28(30)31/h1-13H,14-15H2,(H,32,33). The molecule has 1 N–H and O–H groups in total. The van der Waals surface area contributed by atoms with Gasteiger partial charge in [0, 0.05) is 17.7 Å². The number of halogens is 1. The van der Waals surface area contributed by atoms with Crippen LogP contribution in [0.4, 0.5) is 10.1 Å². The molecule has 3 aromatic carbocycles. The van der Waals surface area contributed by atoms with Crippen LogP contribution < -0.4 is 5.56 Å². The molecule has 1 heterocycles. The van der Waals surface area contributed by atoms with Crippen molar-refractivity contribution in [2.24, 2.45) is 0 Å². The van der Waals surface area contributed by atoms with Gasteiger partial charge in [-0.2, -0.15) is 5.10 Å². The van der Waals surface area contributed by atoms with Gasteiger partial charge in [0.05, 0.1) is 29.0 Å². The lowest BCUT2D eigenvalue weighted by Crippen LogP contribution is -2.25. The van der Waals surface area contributed by atoms with Crippen LogP contribution in [0.5, 0.6) is 0 Å². The predicted octanol–water partition coefficient (Wildman–Crippen LogP) is 4.39. The summed E-state index contributed by atoms with van der Waals surface area (Å²) in [5.41, 5.74) is 2.57. The first kappa shape index (κ1) is 23.1. The molecule has 1 atom stereocenters. The van der Waals surface area contributed by atoms with Gasteiger partial charge < -0.3 is 4.55 Å². The van der Waals surface area contributed by atoms with Crippen LogP contribution >= 0.6 is 0 Å². The van der Waals surface area contributed by atoms with Crippen molar-refractivity contribution >= 4 is 16.8 Å². The van der Waals surface area contributed by atoms with E-state index in [4.69, 9.17) is 4.55 Å². The van der Waals surface area contributed by atoms with E-state index in [2.05, 4.69) is 5.10 Å². The summed E-state index contributed by atoms with van der Waals surface area (Å²) in [6.45, 7) is 0.0102. The summed E-state index contributed by atoms with van der Waals surface area (Å²) in [6, 6.07) is 18.3. The highest BCUT2D eigenvalue weighted by Crippen LogP contribution is 2.29. The Morgan fingerprint density at radius 1 is 1.00 bits per heavy atom. The largest absolute Gasteiger partial charge is 0.306 e. The van der Waals surface area contributed by atoms with E-state index in [-0.39, 0.29) is 18.0 Å². The lowest BCUT2D eigenvalue weighted by Gasteiger charge is -2.13. The van der Waals surface area contributed by atoms with E-state index in [1.807, 2.05) is 0 Å². The van der Waals surface area contributed by atoms with Gasteiger partial charge in [0.2, 0.25) is 0 Å². The van der Waals surface area contributed by atoms with Gasteiger partial charge >= 0.3 is 0 Å². The van der Waals surface area contributed by atoms with Crippen LogP contribution in [-0.2, 0) is 23.4 Å². The van der Waals surface area contributed by atoms with Gasteiger partial charge in [0.15, 0.2) is 11.1 Å². The molecule has 0 amide bonds. The maximum Gasteiger partial charge on any atom is 0.275 e. The SMILES string of the molecule is O=c1c(-c2ccc(F)cc2)c(-c2ccc(CS(=O)O)cc2)cnn1Cc1cccc([N+](=O)[O-])c1. The van der Waals surface area contributed by atoms with Crippen molar-refractivity contribution in [2.75, 3.05) is 0 Å². The van der Waals surface area contributed by atoms with E-state index in [1.165, 1.54) is 53.3 Å². The topological polar surface area (TPSA) is 115 Å². The van der Waals surface area contributed by atoms with Crippen LogP contribution in [0.3, 0.4) is 0 Å². The van der Waals surface area contributed by atoms with Crippen molar-refractivity contribution in [1.82, 2.24) is 9.78 Å². The van der Waals surface area contributed by atoms with Crippen molar-refractivity contribution in [3.05, 3.63) is 116 Å². The molecule has 0 fully saturated rings. The van der Waals surface area contributed by atoms with Crippen molar-refractivity contribution in [3.63, 3.8) is 0 Å². The molecule has 10 heteroatoms. The molecule has 172 valence electrons. The highest BCUT2D eigenvalue weighted by molar-refractivity contribution is 7.78. The van der Waals surface area contributed by atoms with Gasteiger partial charge in [0.25, 0.3) is 11.2 Å². The monoisotopic (exact) mass is 479 g/mol. The van der Waals surface area contributed by atoms with E-state index in [1.54, 1.807) is 30.3 Å². The van der Waals surface area contributed by atoms with Crippen molar-refractivity contribution in [1.29, 1.82) is 0 Å². The number of non-ortho nitro benzene ring substituents is 1. The van der Waals surface area contributed by atoms with E-state index >= 15 is 0 Å². The molecule has 1 unspecified atom stereocenters. The summed E-state index contributed by atoms with van der Waals surface area (Å²) in [6.07, 6.45) is 1.51. The van der Waals surface area contributed by atoms with E-state index in [0.29, 0.717) is 33.4 Å². The first-order valence-corrected chi connectivity index (χ1v) is 11.4.